The number of aryl methyl sites for hydroxylation is 1. The van der Waals surface area contributed by atoms with E-state index in [2.05, 4.69) is 12.2 Å². The molecule has 146 valence electrons. The maximum absolute atomic E-state index is 12.1. The zero-order valence-electron chi connectivity index (χ0n) is 16.0. The molecule has 26 heavy (non-hydrogen) atoms. The summed E-state index contributed by atoms with van der Waals surface area (Å²) in [4.78, 5) is 23.4. The number of nitrogens with one attached hydrogen (secondary N) is 1. The first-order valence-corrected chi connectivity index (χ1v) is 9.82. The summed E-state index contributed by atoms with van der Waals surface area (Å²) < 4.78 is 0. The van der Waals surface area contributed by atoms with Gasteiger partial charge in [-0.2, -0.15) is 0 Å². The average molecular weight is 363 g/mol. The number of aliphatic hydroxyl groups is 1. The van der Waals surface area contributed by atoms with Crippen molar-refractivity contribution in [2.45, 2.75) is 83.3 Å². The number of hydrogen-bond donors (Lipinski definition) is 3. The van der Waals surface area contributed by atoms with E-state index in [1.54, 1.807) is 0 Å². The van der Waals surface area contributed by atoms with Crippen LogP contribution >= 0.6 is 0 Å². The second-order valence-corrected chi connectivity index (χ2v) is 6.95. The summed E-state index contributed by atoms with van der Waals surface area (Å²) in [6, 6.07) is 9.44. The van der Waals surface area contributed by atoms with Gasteiger partial charge in [-0.25, -0.2) is 0 Å². The largest absolute Gasteiger partial charge is 0.391 e. The Morgan fingerprint density at radius 3 is 2.42 bits per heavy atom. The highest BCUT2D eigenvalue weighted by Crippen LogP contribution is 2.12. The first-order valence-electron chi connectivity index (χ1n) is 9.82. The van der Waals surface area contributed by atoms with Gasteiger partial charge in [0, 0.05) is 12.8 Å². The number of carbonyl (C=O) groups excluding carboxylic acids is 2. The summed E-state index contributed by atoms with van der Waals surface area (Å²) in [7, 11) is 0. The maximum Gasteiger partial charge on any atom is 0.220 e. The Hall–Kier alpha value is -1.88. The van der Waals surface area contributed by atoms with Gasteiger partial charge >= 0.3 is 0 Å². The third-order valence-electron chi connectivity index (χ3n) is 4.55. The van der Waals surface area contributed by atoms with E-state index < -0.39 is 18.1 Å². The molecular formula is C21H34N2O3. The van der Waals surface area contributed by atoms with Crippen molar-refractivity contribution in [3.05, 3.63) is 35.9 Å². The number of carbonyl (C=O) groups is 2. The van der Waals surface area contributed by atoms with E-state index in [-0.39, 0.29) is 12.3 Å². The third kappa shape index (κ3) is 10.2. The predicted molar refractivity (Wildman–Crippen MR) is 105 cm³/mol. The number of nitrogens with two attached hydrogens (primary N) is 1. The van der Waals surface area contributed by atoms with E-state index in [1.165, 1.54) is 18.4 Å². The molecule has 0 saturated carbocycles. The van der Waals surface area contributed by atoms with Crippen LogP contribution in [0.3, 0.4) is 0 Å². The minimum atomic E-state index is -0.768. The van der Waals surface area contributed by atoms with E-state index in [9.17, 15) is 14.7 Å². The number of amides is 2. The minimum Gasteiger partial charge on any atom is -0.391 e. The highest BCUT2D eigenvalue weighted by atomic mass is 16.3. The molecular weight excluding hydrogens is 328 g/mol. The van der Waals surface area contributed by atoms with Crippen molar-refractivity contribution in [1.82, 2.24) is 5.32 Å². The van der Waals surface area contributed by atoms with Crippen LogP contribution in [0.4, 0.5) is 0 Å². The maximum atomic E-state index is 12.1. The molecule has 1 rings (SSSR count). The Bertz CT molecular complexity index is 519. The molecule has 0 aliphatic carbocycles. The summed E-state index contributed by atoms with van der Waals surface area (Å²) in [5, 5.41) is 13.2. The van der Waals surface area contributed by atoms with Gasteiger partial charge in [-0.3, -0.25) is 9.59 Å². The molecule has 0 aliphatic rings. The monoisotopic (exact) mass is 362 g/mol. The van der Waals surface area contributed by atoms with Gasteiger partial charge in [0.2, 0.25) is 11.8 Å². The van der Waals surface area contributed by atoms with E-state index in [4.69, 9.17) is 5.73 Å². The predicted octanol–water partition coefficient (Wildman–Crippen LogP) is 3.09. The van der Waals surface area contributed by atoms with Gasteiger partial charge in [-0.15, -0.1) is 0 Å². The smallest absolute Gasteiger partial charge is 0.220 e. The lowest BCUT2D eigenvalue weighted by atomic mass is 9.99. The summed E-state index contributed by atoms with van der Waals surface area (Å²) in [5.74, 6) is -0.629. The summed E-state index contributed by atoms with van der Waals surface area (Å²) >= 11 is 0. The van der Waals surface area contributed by atoms with Crippen LogP contribution in [0.15, 0.2) is 30.3 Å². The molecule has 0 heterocycles. The van der Waals surface area contributed by atoms with Crippen molar-refractivity contribution in [2.24, 2.45) is 5.73 Å². The number of benzene rings is 1. The zero-order chi connectivity index (χ0) is 19.2. The Kier molecular flexibility index (Phi) is 11.4. The number of aliphatic hydroxyl groups excluding tert-OH is 1. The van der Waals surface area contributed by atoms with Crippen molar-refractivity contribution in [3.63, 3.8) is 0 Å². The van der Waals surface area contributed by atoms with E-state index in [0.29, 0.717) is 12.8 Å². The number of unbranched alkanes of at least 4 members (excludes halogenated alkanes) is 4. The van der Waals surface area contributed by atoms with Crippen molar-refractivity contribution in [1.29, 1.82) is 0 Å². The number of rotatable bonds is 14. The molecule has 0 radical (unpaired) electrons. The zero-order valence-corrected chi connectivity index (χ0v) is 16.0. The molecule has 5 heteroatoms. The lowest BCUT2D eigenvalue weighted by molar-refractivity contribution is -0.124. The van der Waals surface area contributed by atoms with Gasteiger partial charge in [0.1, 0.15) is 0 Å². The lowest BCUT2D eigenvalue weighted by Crippen LogP contribution is -2.45. The van der Waals surface area contributed by atoms with Crippen molar-refractivity contribution >= 4 is 11.8 Å². The van der Waals surface area contributed by atoms with Crippen molar-refractivity contribution < 1.29 is 14.7 Å². The van der Waals surface area contributed by atoms with Crippen molar-refractivity contribution in [2.75, 3.05) is 0 Å². The second-order valence-electron chi connectivity index (χ2n) is 6.95. The Morgan fingerprint density at radius 2 is 1.77 bits per heavy atom. The van der Waals surface area contributed by atoms with Crippen LogP contribution in [-0.2, 0) is 16.0 Å². The van der Waals surface area contributed by atoms with Gasteiger partial charge in [0.25, 0.3) is 0 Å². The second kappa shape index (κ2) is 13.3. The fourth-order valence-electron chi connectivity index (χ4n) is 3.03. The van der Waals surface area contributed by atoms with E-state index in [0.717, 1.165) is 32.1 Å². The van der Waals surface area contributed by atoms with Crippen LogP contribution in [0.2, 0.25) is 0 Å². The fraction of sp³-hybridized carbons (Fsp3) is 0.619. The molecule has 0 spiro atoms. The van der Waals surface area contributed by atoms with Gasteiger partial charge in [0.05, 0.1) is 12.1 Å². The molecule has 4 N–H and O–H groups in total. The Balaban J connectivity index is 2.38. The molecule has 2 amide bonds. The van der Waals surface area contributed by atoms with Crippen LogP contribution in [0, 0.1) is 0 Å². The number of primary amides is 1. The molecule has 0 fully saturated rings. The highest BCUT2D eigenvalue weighted by Gasteiger charge is 2.22. The molecule has 5 nitrogen and oxygen atoms in total. The molecule has 1 aromatic carbocycles. The average Bonchev–Trinajstić information content (AvgIpc) is 2.61. The Morgan fingerprint density at radius 1 is 1.08 bits per heavy atom. The van der Waals surface area contributed by atoms with Gasteiger partial charge in [-0.1, -0.05) is 62.9 Å². The molecule has 1 aromatic rings. The first-order chi connectivity index (χ1) is 12.5. The minimum absolute atomic E-state index is 0.0337. The van der Waals surface area contributed by atoms with Gasteiger partial charge in [-0.05, 0) is 31.2 Å². The van der Waals surface area contributed by atoms with Crippen LogP contribution in [0.25, 0.3) is 0 Å². The van der Waals surface area contributed by atoms with Crippen LogP contribution in [-0.4, -0.2) is 29.1 Å². The third-order valence-corrected chi connectivity index (χ3v) is 4.55. The molecule has 0 unspecified atom stereocenters. The summed E-state index contributed by atoms with van der Waals surface area (Å²) in [5.41, 5.74) is 6.49. The molecule has 0 bridgehead atoms. The van der Waals surface area contributed by atoms with Crippen molar-refractivity contribution in [3.8, 4) is 0 Å². The standard InChI is InChI=1S/C21H34N2O3/c1-2-3-4-5-9-15-21(26)23-18(16-20(22)25)19(24)14-10-13-17-11-7-6-8-12-17/h6-8,11-12,18-19,24H,2-5,9-10,13-16H2,1H3,(H2,22,25)(H,23,26)/t18-,19-/m1/s1. The quantitative estimate of drug-likeness (QED) is 0.444. The molecule has 0 aliphatic heterocycles. The topological polar surface area (TPSA) is 92.4 Å². The molecule has 0 saturated heterocycles. The fourth-order valence-corrected chi connectivity index (χ4v) is 3.03. The van der Waals surface area contributed by atoms with Gasteiger partial charge in [0.15, 0.2) is 0 Å². The van der Waals surface area contributed by atoms with Crippen LogP contribution in [0.5, 0.6) is 0 Å². The molecule has 0 aromatic heterocycles. The lowest BCUT2D eigenvalue weighted by Gasteiger charge is -2.23. The first kappa shape index (κ1) is 22.2. The van der Waals surface area contributed by atoms with Crippen LogP contribution < -0.4 is 11.1 Å². The Labute approximate surface area is 157 Å². The van der Waals surface area contributed by atoms with E-state index in [1.807, 2.05) is 30.3 Å². The summed E-state index contributed by atoms with van der Waals surface area (Å²) in [6.07, 6.45) is 7.13. The highest BCUT2D eigenvalue weighted by molar-refractivity contribution is 5.78. The number of hydrogen-bond acceptors (Lipinski definition) is 3. The normalized spacial score (nSPS) is 13.2. The SMILES string of the molecule is CCCCCCCC(=O)N[C@H](CC(N)=O)[C@H](O)CCCc1ccccc1. The van der Waals surface area contributed by atoms with E-state index >= 15 is 0 Å². The van der Waals surface area contributed by atoms with Crippen LogP contribution in [0.1, 0.15) is 70.3 Å². The van der Waals surface area contributed by atoms with Gasteiger partial charge < -0.3 is 16.2 Å². The summed E-state index contributed by atoms with van der Waals surface area (Å²) in [6.45, 7) is 2.15. The molecule has 2 atom stereocenters.